The normalized spacial score (nSPS) is 19.2. The predicted octanol–water partition coefficient (Wildman–Crippen LogP) is 2.71. The van der Waals surface area contributed by atoms with Crippen molar-refractivity contribution in [2.24, 2.45) is 0 Å². The molecule has 1 saturated heterocycles. The second-order valence-electron chi connectivity index (χ2n) is 5.64. The first kappa shape index (κ1) is 15.8. The van der Waals surface area contributed by atoms with Crippen LogP contribution in [-0.2, 0) is 9.59 Å². The molecule has 5 heteroatoms. The Morgan fingerprint density at radius 1 is 1.12 bits per heavy atom. The van der Waals surface area contributed by atoms with Gasteiger partial charge in [0.2, 0.25) is 0 Å². The highest BCUT2D eigenvalue weighted by Crippen LogP contribution is 2.34. The molecule has 2 N–H and O–H groups in total. The molecule has 122 valence electrons. The van der Waals surface area contributed by atoms with E-state index < -0.39 is 17.7 Å². The number of methoxy groups -OCH3 is 1. The number of nitrogens with one attached hydrogen (secondary N) is 1. The first-order valence-corrected chi connectivity index (χ1v) is 7.50. The van der Waals surface area contributed by atoms with Crippen LogP contribution in [0.5, 0.6) is 5.75 Å². The number of ether oxygens (including phenoxy) is 1. The smallest absolute Gasteiger partial charge is 0.293 e. The van der Waals surface area contributed by atoms with Crippen LogP contribution in [0.4, 0.5) is 0 Å². The molecule has 0 radical (unpaired) electrons. The Bertz CT molecular complexity index is 837. The zero-order valence-corrected chi connectivity index (χ0v) is 13.4. The molecule has 24 heavy (non-hydrogen) atoms. The van der Waals surface area contributed by atoms with Gasteiger partial charge in [-0.25, -0.2) is 0 Å². The van der Waals surface area contributed by atoms with Gasteiger partial charge < -0.3 is 15.2 Å². The highest BCUT2D eigenvalue weighted by molar-refractivity contribution is 6.46. The Labute approximate surface area is 139 Å². The summed E-state index contributed by atoms with van der Waals surface area (Å²) in [4.78, 5) is 24.1. The van der Waals surface area contributed by atoms with Gasteiger partial charge in [-0.15, -0.1) is 0 Å². The first-order chi connectivity index (χ1) is 11.5. The molecule has 1 fully saturated rings. The minimum atomic E-state index is -0.725. The molecule has 1 amide bonds. The lowest BCUT2D eigenvalue weighted by Gasteiger charge is -2.14. The standard InChI is InChI=1S/C19H17NO4/c1-11-6-8-12(9-7-11)17(21)15-16(20-19(23)18(15)22)13-4-3-5-14(10-13)24-2/h3-10,16,21H,1-2H3,(H,20,23)/b17-15+/t16-/m1/s1. The number of aliphatic hydroxyl groups is 1. The van der Waals surface area contributed by atoms with Crippen molar-refractivity contribution in [3.8, 4) is 5.75 Å². The van der Waals surface area contributed by atoms with Gasteiger partial charge in [0.15, 0.2) is 0 Å². The van der Waals surface area contributed by atoms with Gasteiger partial charge in [-0.3, -0.25) is 9.59 Å². The zero-order valence-electron chi connectivity index (χ0n) is 13.4. The summed E-state index contributed by atoms with van der Waals surface area (Å²) >= 11 is 0. The summed E-state index contributed by atoms with van der Waals surface area (Å²) in [6, 6.07) is 13.4. The highest BCUT2D eigenvalue weighted by atomic mass is 16.5. The summed E-state index contributed by atoms with van der Waals surface area (Å²) in [5, 5.41) is 13.2. The Kier molecular flexibility index (Phi) is 4.08. The molecule has 1 atom stereocenters. The van der Waals surface area contributed by atoms with E-state index in [1.54, 1.807) is 36.4 Å². The third-order valence-corrected chi connectivity index (χ3v) is 4.02. The van der Waals surface area contributed by atoms with Crippen molar-refractivity contribution in [2.75, 3.05) is 7.11 Å². The first-order valence-electron chi connectivity index (χ1n) is 7.50. The van der Waals surface area contributed by atoms with Crippen LogP contribution in [0, 0.1) is 6.92 Å². The SMILES string of the molecule is COc1cccc([C@H]2NC(=O)C(=O)/C2=C(/O)c2ccc(C)cc2)c1. The Hall–Kier alpha value is -3.08. The van der Waals surface area contributed by atoms with E-state index in [0.29, 0.717) is 16.9 Å². The minimum absolute atomic E-state index is 0.0529. The zero-order chi connectivity index (χ0) is 17.3. The predicted molar refractivity (Wildman–Crippen MR) is 89.6 cm³/mol. The van der Waals surface area contributed by atoms with Gasteiger partial charge >= 0.3 is 0 Å². The topological polar surface area (TPSA) is 75.6 Å². The molecule has 0 unspecified atom stereocenters. The summed E-state index contributed by atoms with van der Waals surface area (Å²) in [6.07, 6.45) is 0. The summed E-state index contributed by atoms with van der Waals surface area (Å²) in [5.41, 5.74) is 2.25. The summed E-state index contributed by atoms with van der Waals surface area (Å²) in [5.74, 6) is -1.03. The maximum Gasteiger partial charge on any atom is 0.293 e. The van der Waals surface area contributed by atoms with Crippen LogP contribution >= 0.6 is 0 Å². The third-order valence-electron chi connectivity index (χ3n) is 4.02. The Balaban J connectivity index is 2.11. The van der Waals surface area contributed by atoms with Gasteiger partial charge in [0.25, 0.3) is 11.7 Å². The van der Waals surface area contributed by atoms with Gasteiger partial charge in [0, 0.05) is 5.56 Å². The molecule has 2 aromatic rings. The maximum absolute atomic E-state index is 12.3. The molecule has 0 bridgehead atoms. The van der Waals surface area contributed by atoms with Crippen LogP contribution in [0.3, 0.4) is 0 Å². The second-order valence-corrected chi connectivity index (χ2v) is 5.64. The third kappa shape index (κ3) is 2.76. The van der Waals surface area contributed by atoms with E-state index in [1.165, 1.54) is 7.11 Å². The summed E-state index contributed by atoms with van der Waals surface area (Å²) in [6.45, 7) is 1.93. The average molecular weight is 323 g/mol. The van der Waals surface area contributed by atoms with Crippen LogP contribution in [0.1, 0.15) is 22.7 Å². The quantitative estimate of drug-likeness (QED) is 0.517. The van der Waals surface area contributed by atoms with Crippen molar-refractivity contribution in [1.29, 1.82) is 0 Å². The number of aliphatic hydroxyl groups excluding tert-OH is 1. The molecule has 0 saturated carbocycles. The van der Waals surface area contributed by atoms with E-state index in [-0.39, 0.29) is 11.3 Å². The molecule has 1 aliphatic heterocycles. The van der Waals surface area contributed by atoms with E-state index in [1.807, 2.05) is 19.1 Å². The molecule has 0 spiro atoms. The monoisotopic (exact) mass is 323 g/mol. The van der Waals surface area contributed by atoms with Gasteiger partial charge in [-0.1, -0.05) is 42.0 Å². The minimum Gasteiger partial charge on any atom is -0.507 e. The van der Waals surface area contributed by atoms with Crippen molar-refractivity contribution in [2.45, 2.75) is 13.0 Å². The molecule has 2 aromatic carbocycles. The number of hydrogen-bond acceptors (Lipinski definition) is 4. The fourth-order valence-electron chi connectivity index (χ4n) is 2.70. The highest BCUT2D eigenvalue weighted by Gasteiger charge is 2.39. The molecule has 0 aromatic heterocycles. The second kappa shape index (κ2) is 6.20. The van der Waals surface area contributed by atoms with E-state index >= 15 is 0 Å². The van der Waals surface area contributed by atoms with E-state index in [4.69, 9.17) is 4.74 Å². The molecular formula is C19H17NO4. The van der Waals surface area contributed by atoms with Crippen LogP contribution in [0.15, 0.2) is 54.1 Å². The van der Waals surface area contributed by atoms with Crippen LogP contribution in [-0.4, -0.2) is 23.9 Å². The molecule has 3 rings (SSSR count). The number of carbonyl (C=O) groups is 2. The number of carbonyl (C=O) groups excluding carboxylic acids is 2. The van der Waals surface area contributed by atoms with Crippen molar-refractivity contribution in [3.05, 3.63) is 70.8 Å². The lowest BCUT2D eigenvalue weighted by atomic mass is 9.95. The van der Waals surface area contributed by atoms with Gasteiger partial charge in [0.05, 0.1) is 18.7 Å². The number of amides is 1. The number of rotatable bonds is 3. The van der Waals surface area contributed by atoms with Gasteiger partial charge in [0.1, 0.15) is 11.5 Å². The Morgan fingerprint density at radius 2 is 1.83 bits per heavy atom. The van der Waals surface area contributed by atoms with Crippen molar-refractivity contribution < 1.29 is 19.4 Å². The lowest BCUT2D eigenvalue weighted by molar-refractivity contribution is -0.133. The van der Waals surface area contributed by atoms with E-state index in [2.05, 4.69) is 5.32 Å². The van der Waals surface area contributed by atoms with Crippen LogP contribution < -0.4 is 10.1 Å². The largest absolute Gasteiger partial charge is 0.507 e. The summed E-state index contributed by atoms with van der Waals surface area (Å²) in [7, 11) is 1.54. The average Bonchev–Trinajstić information content (AvgIpc) is 2.90. The summed E-state index contributed by atoms with van der Waals surface area (Å²) < 4.78 is 5.19. The van der Waals surface area contributed by atoms with Crippen LogP contribution in [0.25, 0.3) is 5.76 Å². The molecular weight excluding hydrogens is 306 g/mol. The molecule has 5 nitrogen and oxygen atoms in total. The fourth-order valence-corrected chi connectivity index (χ4v) is 2.70. The van der Waals surface area contributed by atoms with E-state index in [9.17, 15) is 14.7 Å². The number of aryl methyl sites for hydroxylation is 1. The number of Topliss-reactive ketones (excluding diaryl/α,β-unsaturated/α-hetero) is 1. The molecule has 0 aliphatic carbocycles. The number of ketones is 1. The van der Waals surface area contributed by atoms with Crippen molar-refractivity contribution >= 4 is 17.4 Å². The maximum atomic E-state index is 12.3. The van der Waals surface area contributed by atoms with Crippen molar-refractivity contribution in [3.63, 3.8) is 0 Å². The lowest BCUT2D eigenvalue weighted by Crippen LogP contribution is -2.21. The van der Waals surface area contributed by atoms with Gasteiger partial charge in [-0.2, -0.15) is 0 Å². The molecule has 1 heterocycles. The van der Waals surface area contributed by atoms with Crippen LogP contribution in [0.2, 0.25) is 0 Å². The fraction of sp³-hybridized carbons (Fsp3) is 0.158. The molecule has 1 aliphatic rings. The van der Waals surface area contributed by atoms with E-state index in [0.717, 1.165) is 5.56 Å². The van der Waals surface area contributed by atoms with Crippen molar-refractivity contribution in [1.82, 2.24) is 5.32 Å². The van der Waals surface area contributed by atoms with Gasteiger partial charge in [-0.05, 0) is 24.6 Å². The number of hydrogen-bond donors (Lipinski definition) is 2. The number of benzene rings is 2. The Morgan fingerprint density at radius 3 is 2.50 bits per heavy atom.